The number of pyridine rings is 1. The number of benzene rings is 2. The molecule has 1 fully saturated rings. The summed E-state index contributed by atoms with van der Waals surface area (Å²) in [7, 11) is -3.72. The fourth-order valence-corrected chi connectivity index (χ4v) is 5.13. The maximum atomic E-state index is 13.1. The van der Waals surface area contributed by atoms with E-state index in [1.54, 1.807) is 24.3 Å². The monoisotopic (exact) mass is 372 g/mol. The molecule has 0 aliphatic carbocycles. The van der Waals surface area contributed by atoms with Gasteiger partial charge in [0.1, 0.15) is 17.1 Å². The van der Waals surface area contributed by atoms with Crippen LogP contribution in [0.4, 0.5) is 4.39 Å². The lowest BCUT2D eigenvalue weighted by Crippen LogP contribution is -2.28. The number of halogens is 1. The minimum absolute atomic E-state index is 0.0341. The Bertz CT molecular complexity index is 1070. The molecule has 0 amide bonds. The summed E-state index contributed by atoms with van der Waals surface area (Å²) in [5, 5.41) is 10.3. The Morgan fingerprint density at radius 1 is 1.12 bits per heavy atom. The standard InChI is InChI=1S/C19H17FN2O3S/c20-15-5-3-13(4-6-15)14-9-11-22(12-14)26(24,25)18-8-7-17(23)19-16(18)2-1-10-21-19/h1-8,10,14,23H,9,11-12H2. The minimum Gasteiger partial charge on any atom is -0.506 e. The first-order valence-corrected chi connectivity index (χ1v) is 9.73. The predicted molar refractivity (Wildman–Crippen MR) is 95.9 cm³/mol. The molecule has 5 nitrogen and oxygen atoms in total. The topological polar surface area (TPSA) is 70.5 Å². The summed E-state index contributed by atoms with van der Waals surface area (Å²) >= 11 is 0. The van der Waals surface area contributed by atoms with E-state index in [9.17, 15) is 17.9 Å². The van der Waals surface area contributed by atoms with Gasteiger partial charge in [0.15, 0.2) is 0 Å². The lowest BCUT2D eigenvalue weighted by molar-refractivity contribution is 0.472. The van der Waals surface area contributed by atoms with Crippen LogP contribution in [0.25, 0.3) is 10.9 Å². The smallest absolute Gasteiger partial charge is 0.243 e. The maximum absolute atomic E-state index is 13.1. The molecule has 2 aromatic carbocycles. The number of aromatic hydroxyl groups is 1. The van der Waals surface area contributed by atoms with Crippen LogP contribution in [0.3, 0.4) is 0 Å². The SMILES string of the molecule is O=S(=O)(c1ccc(O)c2ncccc12)N1CCC(c2ccc(F)cc2)C1. The van der Waals surface area contributed by atoms with Gasteiger partial charge in [-0.05, 0) is 54.3 Å². The van der Waals surface area contributed by atoms with Crippen molar-refractivity contribution in [1.29, 1.82) is 0 Å². The van der Waals surface area contributed by atoms with Gasteiger partial charge in [-0.15, -0.1) is 0 Å². The highest BCUT2D eigenvalue weighted by Gasteiger charge is 2.34. The van der Waals surface area contributed by atoms with Crippen LogP contribution in [0.2, 0.25) is 0 Å². The van der Waals surface area contributed by atoms with Gasteiger partial charge in [0.25, 0.3) is 0 Å². The number of phenols is 1. The van der Waals surface area contributed by atoms with Crippen molar-refractivity contribution in [2.45, 2.75) is 17.2 Å². The second-order valence-electron chi connectivity index (χ2n) is 6.38. The maximum Gasteiger partial charge on any atom is 0.243 e. The molecule has 1 aliphatic heterocycles. The molecule has 3 aromatic rings. The lowest BCUT2D eigenvalue weighted by Gasteiger charge is -2.18. The van der Waals surface area contributed by atoms with Crippen molar-refractivity contribution in [3.8, 4) is 5.75 Å². The molecule has 1 aliphatic rings. The second-order valence-corrected chi connectivity index (χ2v) is 8.29. The zero-order valence-electron chi connectivity index (χ0n) is 13.8. The minimum atomic E-state index is -3.72. The molecule has 134 valence electrons. The third kappa shape index (κ3) is 2.83. The highest BCUT2D eigenvalue weighted by atomic mass is 32.2. The average Bonchev–Trinajstić information content (AvgIpc) is 3.14. The van der Waals surface area contributed by atoms with Gasteiger partial charge in [0, 0.05) is 24.7 Å². The first-order chi connectivity index (χ1) is 12.5. The Labute approximate surface area is 150 Å². The molecule has 1 aromatic heterocycles. The highest BCUT2D eigenvalue weighted by Crippen LogP contribution is 2.35. The van der Waals surface area contributed by atoms with Gasteiger partial charge in [0.2, 0.25) is 10.0 Å². The fraction of sp³-hybridized carbons (Fsp3) is 0.211. The molecule has 7 heteroatoms. The Balaban J connectivity index is 1.68. The molecule has 1 unspecified atom stereocenters. The number of nitrogens with zero attached hydrogens (tertiary/aromatic N) is 2. The number of phenolic OH excluding ortho intramolecular Hbond substituents is 1. The summed E-state index contributed by atoms with van der Waals surface area (Å²) in [4.78, 5) is 4.22. The molecular weight excluding hydrogens is 355 g/mol. The van der Waals surface area contributed by atoms with Crippen LogP contribution in [0.5, 0.6) is 5.75 Å². The van der Waals surface area contributed by atoms with Gasteiger partial charge in [-0.3, -0.25) is 4.98 Å². The van der Waals surface area contributed by atoms with Crippen molar-refractivity contribution in [2.24, 2.45) is 0 Å². The van der Waals surface area contributed by atoms with Crippen molar-refractivity contribution < 1.29 is 17.9 Å². The van der Waals surface area contributed by atoms with Gasteiger partial charge in [-0.25, -0.2) is 12.8 Å². The molecule has 0 radical (unpaired) electrons. The van der Waals surface area contributed by atoms with Gasteiger partial charge >= 0.3 is 0 Å². The third-order valence-electron chi connectivity index (χ3n) is 4.82. The summed E-state index contributed by atoms with van der Waals surface area (Å²) in [6.45, 7) is 0.740. The van der Waals surface area contributed by atoms with Gasteiger partial charge in [0.05, 0.1) is 4.90 Å². The summed E-state index contributed by atoms with van der Waals surface area (Å²) in [6, 6.07) is 12.3. The molecule has 0 spiro atoms. The van der Waals surface area contributed by atoms with Gasteiger partial charge < -0.3 is 5.11 Å². The number of sulfonamides is 1. The summed E-state index contributed by atoms with van der Waals surface area (Å²) < 4.78 is 40.8. The Morgan fingerprint density at radius 2 is 1.88 bits per heavy atom. The van der Waals surface area contributed by atoms with Crippen molar-refractivity contribution in [1.82, 2.24) is 9.29 Å². The third-order valence-corrected chi connectivity index (χ3v) is 6.74. The van der Waals surface area contributed by atoms with Crippen LogP contribution < -0.4 is 0 Å². The van der Waals surface area contributed by atoms with Crippen LogP contribution in [0, 0.1) is 5.82 Å². The first-order valence-electron chi connectivity index (χ1n) is 8.29. The van der Waals surface area contributed by atoms with Crippen molar-refractivity contribution in [3.63, 3.8) is 0 Å². The van der Waals surface area contributed by atoms with E-state index in [0.29, 0.717) is 24.9 Å². The Morgan fingerprint density at radius 3 is 2.65 bits per heavy atom. The lowest BCUT2D eigenvalue weighted by atomic mass is 9.99. The zero-order valence-corrected chi connectivity index (χ0v) is 14.7. The van der Waals surface area contributed by atoms with E-state index in [-0.39, 0.29) is 27.9 Å². The first kappa shape index (κ1) is 16.9. The van der Waals surface area contributed by atoms with Crippen LogP contribution in [-0.4, -0.2) is 35.9 Å². The summed E-state index contributed by atoms with van der Waals surface area (Å²) in [5.74, 6) is -0.323. The molecule has 1 N–H and O–H groups in total. The summed E-state index contributed by atoms with van der Waals surface area (Å²) in [6.07, 6.45) is 2.19. The summed E-state index contributed by atoms with van der Waals surface area (Å²) in [5.41, 5.74) is 1.20. The number of fused-ring (bicyclic) bond motifs is 1. The highest BCUT2D eigenvalue weighted by molar-refractivity contribution is 7.89. The van der Waals surface area contributed by atoms with Crippen molar-refractivity contribution in [2.75, 3.05) is 13.1 Å². The van der Waals surface area contributed by atoms with Crippen LogP contribution in [-0.2, 0) is 10.0 Å². The van der Waals surface area contributed by atoms with E-state index in [2.05, 4.69) is 4.98 Å². The second kappa shape index (κ2) is 6.34. The van der Waals surface area contributed by atoms with Crippen LogP contribution >= 0.6 is 0 Å². The molecule has 4 rings (SSSR count). The van der Waals surface area contributed by atoms with Crippen LogP contribution in [0.15, 0.2) is 59.6 Å². The van der Waals surface area contributed by atoms with E-state index in [4.69, 9.17) is 0 Å². The van der Waals surface area contributed by atoms with Gasteiger partial charge in [-0.1, -0.05) is 12.1 Å². The predicted octanol–water partition coefficient (Wildman–Crippen LogP) is 3.26. The molecule has 0 saturated carbocycles. The normalized spacial score (nSPS) is 18.4. The van der Waals surface area contributed by atoms with Crippen LogP contribution in [0.1, 0.15) is 17.9 Å². The average molecular weight is 372 g/mol. The van der Waals surface area contributed by atoms with E-state index < -0.39 is 10.0 Å². The van der Waals surface area contributed by atoms with E-state index >= 15 is 0 Å². The Hall–Kier alpha value is -2.51. The number of aromatic nitrogens is 1. The quantitative estimate of drug-likeness (QED) is 0.766. The van der Waals surface area contributed by atoms with Gasteiger partial charge in [-0.2, -0.15) is 4.31 Å². The van der Waals surface area contributed by atoms with E-state index in [1.165, 1.54) is 34.8 Å². The number of rotatable bonds is 3. The molecule has 26 heavy (non-hydrogen) atoms. The largest absolute Gasteiger partial charge is 0.506 e. The molecule has 2 heterocycles. The number of hydrogen-bond donors (Lipinski definition) is 1. The molecule has 1 saturated heterocycles. The molecule has 0 bridgehead atoms. The number of hydrogen-bond acceptors (Lipinski definition) is 4. The molecule has 1 atom stereocenters. The molecular formula is C19H17FN2O3S. The fourth-order valence-electron chi connectivity index (χ4n) is 3.45. The van der Waals surface area contributed by atoms with E-state index in [1.807, 2.05) is 0 Å². The van der Waals surface area contributed by atoms with Crippen molar-refractivity contribution in [3.05, 3.63) is 66.1 Å². The Kier molecular flexibility index (Phi) is 4.13. The zero-order chi connectivity index (χ0) is 18.3. The van der Waals surface area contributed by atoms with Crippen molar-refractivity contribution >= 4 is 20.9 Å². The van der Waals surface area contributed by atoms with E-state index in [0.717, 1.165) is 5.56 Å².